The molecule has 4 nitrogen and oxygen atoms in total. The minimum absolute atomic E-state index is 0.131. The molecule has 21 heavy (non-hydrogen) atoms. The van der Waals surface area contributed by atoms with Gasteiger partial charge in [0.15, 0.2) is 0 Å². The van der Waals surface area contributed by atoms with E-state index in [-0.39, 0.29) is 12.5 Å². The summed E-state index contributed by atoms with van der Waals surface area (Å²) < 4.78 is 0. The van der Waals surface area contributed by atoms with E-state index in [1.807, 2.05) is 45.0 Å². The molecule has 0 fully saturated rings. The Morgan fingerprint density at radius 2 is 1.76 bits per heavy atom. The topological polar surface area (TPSA) is 66.4 Å². The number of thioether (sulfide) groups is 1. The summed E-state index contributed by atoms with van der Waals surface area (Å²) in [5.41, 5.74) is 0.324. The Balaban J connectivity index is 2.46. The predicted molar refractivity (Wildman–Crippen MR) is 85.6 cm³/mol. The first-order valence-corrected chi connectivity index (χ1v) is 8.11. The highest BCUT2D eigenvalue weighted by Crippen LogP contribution is 2.26. The lowest BCUT2D eigenvalue weighted by Gasteiger charge is -2.26. The second-order valence-corrected chi connectivity index (χ2v) is 6.22. The third-order valence-electron chi connectivity index (χ3n) is 3.82. The Bertz CT molecular complexity index is 481. The number of hydrogen-bond donors (Lipinski definition) is 2. The first-order valence-electron chi connectivity index (χ1n) is 7.13. The largest absolute Gasteiger partial charge is 0.481 e. The third-order valence-corrected chi connectivity index (χ3v) is 4.83. The number of amides is 1. The predicted octanol–water partition coefficient (Wildman–Crippen LogP) is 3.09. The summed E-state index contributed by atoms with van der Waals surface area (Å²) in [7, 11) is 0. The molecular weight excluding hydrogens is 286 g/mol. The maximum Gasteiger partial charge on any atom is 0.311 e. The first kappa shape index (κ1) is 17.6. The van der Waals surface area contributed by atoms with Gasteiger partial charge < -0.3 is 10.4 Å². The van der Waals surface area contributed by atoms with Crippen LogP contribution >= 0.6 is 11.8 Å². The van der Waals surface area contributed by atoms with E-state index in [0.717, 1.165) is 4.90 Å². The molecule has 0 aliphatic rings. The molecule has 2 N–H and O–H groups in total. The van der Waals surface area contributed by atoms with Crippen LogP contribution in [0.4, 0.5) is 0 Å². The molecule has 0 aromatic heterocycles. The number of nitrogens with one attached hydrogen (secondary N) is 1. The summed E-state index contributed by atoms with van der Waals surface area (Å²) in [4.78, 5) is 24.2. The third kappa shape index (κ3) is 5.08. The Kier molecular flexibility index (Phi) is 6.75. The molecule has 5 heteroatoms. The molecule has 0 aliphatic carbocycles. The van der Waals surface area contributed by atoms with Crippen LogP contribution in [0.5, 0.6) is 0 Å². The van der Waals surface area contributed by atoms with Crippen LogP contribution in [-0.2, 0) is 9.59 Å². The van der Waals surface area contributed by atoms with E-state index in [2.05, 4.69) is 5.32 Å². The molecular formula is C16H23NO3S. The quantitative estimate of drug-likeness (QED) is 0.724. The van der Waals surface area contributed by atoms with Crippen LogP contribution in [0, 0.1) is 12.3 Å². The van der Waals surface area contributed by atoms with Gasteiger partial charge in [0.25, 0.3) is 0 Å². The number of hydrogen-bond acceptors (Lipinski definition) is 3. The van der Waals surface area contributed by atoms with Crippen LogP contribution < -0.4 is 5.32 Å². The SMILES string of the molecule is CCC(CC)(CNC(=O)CSc1ccc(C)cc1)C(=O)O. The Morgan fingerprint density at radius 3 is 2.24 bits per heavy atom. The normalized spacial score (nSPS) is 11.2. The van der Waals surface area contributed by atoms with Gasteiger partial charge in [-0.1, -0.05) is 31.5 Å². The molecule has 116 valence electrons. The standard InChI is InChI=1S/C16H23NO3S/c1-4-16(5-2,15(19)20)11-17-14(18)10-21-13-8-6-12(3)7-9-13/h6-9H,4-5,10-11H2,1-3H3,(H,17,18)(H,19,20). The van der Waals surface area contributed by atoms with Crippen molar-refractivity contribution in [2.24, 2.45) is 5.41 Å². The average molecular weight is 309 g/mol. The number of carboxylic acids is 1. The summed E-state index contributed by atoms with van der Waals surface area (Å²) >= 11 is 1.45. The van der Waals surface area contributed by atoms with Crippen molar-refractivity contribution in [3.63, 3.8) is 0 Å². The molecule has 0 atom stereocenters. The van der Waals surface area contributed by atoms with Crippen LogP contribution in [0.3, 0.4) is 0 Å². The van der Waals surface area contributed by atoms with Gasteiger partial charge in [0.1, 0.15) is 0 Å². The molecule has 0 bridgehead atoms. The molecule has 1 aromatic rings. The van der Waals surface area contributed by atoms with E-state index in [0.29, 0.717) is 18.6 Å². The molecule has 0 saturated carbocycles. The minimum atomic E-state index is -0.857. The van der Waals surface area contributed by atoms with Crippen LogP contribution in [0.2, 0.25) is 0 Å². The van der Waals surface area contributed by atoms with Crippen molar-refractivity contribution < 1.29 is 14.7 Å². The maximum absolute atomic E-state index is 11.9. The highest BCUT2D eigenvalue weighted by molar-refractivity contribution is 8.00. The maximum atomic E-state index is 11.9. The molecule has 0 aliphatic heterocycles. The number of benzene rings is 1. The zero-order chi connectivity index (χ0) is 15.9. The van der Waals surface area contributed by atoms with Gasteiger partial charge >= 0.3 is 5.97 Å². The van der Waals surface area contributed by atoms with Gasteiger partial charge in [0.2, 0.25) is 5.91 Å². The van der Waals surface area contributed by atoms with Crippen molar-refractivity contribution in [2.75, 3.05) is 12.3 Å². The lowest BCUT2D eigenvalue weighted by Crippen LogP contribution is -2.42. The van der Waals surface area contributed by atoms with Crippen molar-refractivity contribution in [1.29, 1.82) is 0 Å². The fraction of sp³-hybridized carbons (Fsp3) is 0.500. The minimum Gasteiger partial charge on any atom is -0.481 e. The van der Waals surface area contributed by atoms with Crippen LogP contribution in [0.15, 0.2) is 29.2 Å². The van der Waals surface area contributed by atoms with E-state index < -0.39 is 11.4 Å². The summed E-state index contributed by atoms with van der Waals surface area (Å²) in [6, 6.07) is 7.97. The number of carbonyl (C=O) groups excluding carboxylic acids is 1. The molecule has 0 heterocycles. The van der Waals surface area contributed by atoms with Gasteiger partial charge in [0, 0.05) is 11.4 Å². The number of aryl methyl sites for hydroxylation is 1. The molecule has 1 amide bonds. The Morgan fingerprint density at radius 1 is 1.19 bits per heavy atom. The smallest absolute Gasteiger partial charge is 0.311 e. The lowest BCUT2D eigenvalue weighted by molar-refractivity contribution is -0.149. The van der Waals surface area contributed by atoms with E-state index in [1.165, 1.54) is 17.3 Å². The number of rotatable bonds is 8. The van der Waals surface area contributed by atoms with Crippen LogP contribution in [0.25, 0.3) is 0 Å². The first-order chi connectivity index (χ1) is 9.93. The molecule has 0 unspecified atom stereocenters. The van der Waals surface area contributed by atoms with E-state index >= 15 is 0 Å². The van der Waals surface area contributed by atoms with Crippen molar-refractivity contribution in [2.45, 2.75) is 38.5 Å². The van der Waals surface area contributed by atoms with E-state index in [9.17, 15) is 14.7 Å². The summed E-state index contributed by atoms with van der Waals surface area (Å²) in [6.45, 7) is 5.88. The van der Waals surface area contributed by atoms with Gasteiger partial charge in [-0.2, -0.15) is 0 Å². The average Bonchev–Trinajstić information content (AvgIpc) is 2.48. The van der Waals surface area contributed by atoms with Gasteiger partial charge in [-0.15, -0.1) is 11.8 Å². The molecule has 0 saturated heterocycles. The summed E-state index contributed by atoms with van der Waals surface area (Å²) in [6.07, 6.45) is 1.01. The van der Waals surface area contributed by atoms with Gasteiger partial charge in [0.05, 0.1) is 11.2 Å². The van der Waals surface area contributed by atoms with E-state index in [1.54, 1.807) is 0 Å². The van der Waals surface area contributed by atoms with Gasteiger partial charge in [-0.25, -0.2) is 0 Å². The number of carbonyl (C=O) groups is 2. The highest BCUT2D eigenvalue weighted by Gasteiger charge is 2.34. The summed E-state index contributed by atoms with van der Waals surface area (Å²) in [5, 5.41) is 12.1. The Hall–Kier alpha value is -1.49. The van der Waals surface area contributed by atoms with Crippen molar-refractivity contribution in [3.8, 4) is 0 Å². The highest BCUT2D eigenvalue weighted by atomic mass is 32.2. The van der Waals surface area contributed by atoms with Gasteiger partial charge in [-0.3, -0.25) is 9.59 Å². The van der Waals surface area contributed by atoms with Crippen LogP contribution in [-0.4, -0.2) is 29.3 Å². The number of carboxylic acid groups (broad SMARTS) is 1. The van der Waals surface area contributed by atoms with E-state index in [4.69, 9.17) is 0 Å². The van der Waals surface area contributed by atoms with Crippen molar-refractivity contribution in [3.05, 3.63) is 29.8 Å². The zero-order valence-electron chi connectivity index (χ0n) is 12.8. The van der Waals surface area contributed by atoms with Crippen LogP contribution in [0.1, 0.15) is 32.3 Å². The second kappa shape index (κ2) is 8.08. The molecule has 1 rings (SSSR count). The Labute approximate surface area is 130 Å². The fourth-order valence-electron chi connectivity index (χ4n) is 1.98. The number of aliphatic carboxylic acids is 1. The molecule has 0 radical (unpaired) electrons. The van der Waals surface area contributed by atoms with Crippen molar-refractivity contribution >= 4 is 23.6 Å². The van der Waals surface area contributed by atoms with Crippen molar-refractivity contribution in [1.82, 2.24) is 5.32 Å². The second-order valence-electron chi connectivity index (χ2n) is 5.17. The lowest BCUT2D eigenvalue weighted by atomic mass is 9.82. The zero-order valence-corrected chi connectivity index (χ0v) is 13.6. The summed E-state index contributed by atoms with van der Waals surface area (Å²) in [5.74, 6) is -0.682. The molecule has 1 aromatic carbocycles. The monoisotopic (exact) mass is 309 g/mol. The van der Waals surface area contributed by atoms with Gasteiger partial charge in [-0.05, 0) is 31.9 Å². The fourth-order valence-corrected chi connectivity index (χ4v) is 2.71. The molecule has 0 spiro atoms.